The Labute approximate surface area is 285 Å². The molecule has 1 aromatic heterocycles. The summed E-state index contributed by atoms with van der Waals surface area (Å²) in [7, 11) is 0. The number of rotatable bonds is 14. The molecule has 0 bridgehead atoms. The normalized spacial score (nSPS) is 18.5. The maximum Gasteiger partial charge on any atom is 0.272 e. The lowest BCUT2D eigenvalue weighted by Crippen LogP contribution is -2.67. The van der Waals surface area contributed by atoms with E-state index in [1.165, 1.54) is 30.3 Å². The number of hydrogen-bond acceptors (Lipinski definition) is 4. The molecule has 0 saturated heterocycles. The van der Waals surface area contributed by atoms with Gasteiger partial charge in [-0.3, -0.25) is 19.2 Å². The van der Waals surface area contributed by atoms with Gasteiger partial charge in [-0.15, -0.1) is 0 Å². The highest BCUT2D eigenvalue weighted by Crippen LogP contribution is 2.39. The van der Waals surface area contributed by atoms with Crippen LogP contribution in [0.1, 0.15) is 83.2 Å². The average molecular weight is 684 g/mol. The van der Waals surface area contributed by atoms with E-state index in [9.17, 15) is 32.3 Å². The molecule has 4 rings (SSSR count). The maximum atomic E-state index is 14.6. The number of likely N-dealkylation sites (N-methyl/N-ethyl adjacent to an activating group) is 1. The molecule has 1 aliphatic carbocycles. The van der Waals surface area contributed by atoms with Crippen LogP contribution in [-0.4, -0.2) is 52.8 Å². The number of fused-ring (bicyclic) bond motifs is 3. The van der Waals surface area contributed by atoms with E-state index in [1.807, 2.05) is 20.8 Å². The van der Waals surface area contributed by atoms with Gasteiger partial charge in [-0.05, 0) is 48.8 Å². The Bertz CT molecular complexity index is 1690. The quantitative estimate of drug-likeness (QED) is 0.160. The van der Waals surface area contributed by atoms with Gasteiger partial charge < -0.3 is 26.3 Å². The van der Waals surface area contributed by atoms with Crippen LogP contribution in [0, 0.1) is 17.7 Å². The molecule has 0 saturated carbocycles. The van der Waals surface area contributed by atoms with E-state index in [-0.39, 0.29) is 60.1 Å². The number of aromatic amines is 1. The number of alkyl halides is 2. The molecule has 12 heteroatoms. The molecule has 266 valence electrons. The van der Waals surface area contributed by atoms with Crippen LogP contribution in [0.5, 0.6) is 0 Å². The molecule has 4 amide bonds. The first kappa shape index (κ1) is 37.5. The number of aromatic nitrogens is 1. The molecule has 49 heavy (non-hydrogen) atoms. The fourth-order valence-electron chi connectivity index (χ4n) is 6.51. The van der Waals surface area contributed by atoms with E-state index in [0.29, 0.717) is 36.0 Å². The zero-order chi connectivity index (χ0) is 36.1. The van der Waals surface area contributed by atoms with Crippen molar-refractivity contribution in [3.8, 4) is 0 Å². The van der Waals surface area contributed by atoms with Crippen molar-refractivity contribution in [2.75, 3.05) is 6.54 Å². The van der Waals surface area contributed by atoms with Crippen LogP contribution in [0.15, 0.2) is 42.5 Å². The topological polar surface area (TPSA) is 132 Å². The van der Waals surface area contributed by atoms with Gasteiger partial charge in [0, 0.05) is 36.5 Å². The number of aryl methyl sites for hydroxylation is 1. The maximum absolute atomic E-state index is 14.6. The van der Waals surface area contributed by atoms with Gasteiger partial charge in [-0.1, -0.05) is 76.9 Å². The Morgan fingerprint density at radius 1 is 0.918 bits per heavy atom. The third-order valence-corrected chi connectivity index (χ3v) is 9.83. The molecule has 1 aliphatic rings. The van der Waals surface area contributed by atoms with Gasteiger partial charge in [0.1, 0.15) is 23.4 Å². The number of hydrogen-bond donors (Lipinski definition) is 5. The summed E-state index contributed by atoms with van der Waals surface area (Å²) in [5.41, 5.74) is -0.0322. The number of halogens is 3. The fourth-order valence-corrected chi connectivity index (χ4v) is 6.51. The molecule has 3 aromatic rings. The van der Waals surface area contributed by atoms with E-state index in [1.54, 1.807) is 26.0 Å². The minimum Gasteiger partial charge on any atom is -0.358 e. The molecule has 1 heterocycles. The molecule has 9 nitrogen and oxygen atoms in total. The van der Waals surface area contributed by atoms with Crippen molar-refractivity contribution in [3.63, 3.8) is 0 Å². The number of para-hydroxylation sites is 1. The standard InChI is InChI=1S/C37H48F3N5O4/c1-7-21(4)30(33(47)41-9-3)44-35(49)37(18-17-28-25(20-37)24-14-12-15-26(32(24)42-28)36(6,39)40)45-34(48)31(22(5)8-2)43-29(46)19-23-13-10-11-16-27(23)38/h10-16,21-22,30-31,42H,7-9,17-20H2,1-6H3,(H,41,47)(H,43,46)(H,44,49)(H,45,48)/t21?,22?,30-,31-,37+/m0/s1. The van der Waals surface area contributed by atoms with E-state index >= 15 is 0 Å². The van der Waals surface area contributed by atoms with Crippen LogP contribution in [0.3, 0.4) is 0 Å². The average Bonchev–Trinajstić information content (AvgIpc) is 3.43. The molecule has 2 unspecified atom stereocenters. The zero-order valence-corrected chi connectivity index (χ0v) is 29.1. The summed E-state index contributed by atoms with van der Waals surface area (Å²) in [6.07, 6.45) is 1.11. The van der Waals surface area contributed by atoms with Crippen LogP contribution < -0.4 is 21.3 Å². The minimum absolute atomic E-state index is 0.0440. The van der Waals surface area contributed by atoms with Crippen molar-refractivity contribution in [2.24, 2.45) is 11.8 Å². The summed E-state index contributed by atoms with van der Waals surface area (Å²) in [5.74, 6) is -6.40. The highest BCUT2D eigenvalue weighted by atomic mass is 19.3. The number of amides is 4. The second-order valence-electron chi connectivity index (χ2n) is 13.4. The number of nitrogens with one attached hydrogen (secondary N) is 5. The molecule has 0 fully saturated rings. The van der Waals surface area contributed by atoms with Crippen LogP contribution >= 0.6 is 0 Å². The Morgan fingerprint density at radius 2 is 1.57 bits per heavy atom. The van der Waals surface area contributed by atoms with E-state index in [2.05, 4.69) is 26.3 Å². The summed E-state index contributed by atoms with van der Waals surface area (Å²) >= 11 is 0. The lowest BCUT2D eigenvalue weighted by atomic mass is 9.78. The summed E-state index contributed by atoms with van der Waals surface area (Å²) in [6, 6.07) is 8.52. The number of H-pyrrole nitrogens is 1. The van der Waals surface area contributed by atoms with Gasteiger partial charge in [0.25, 0.3) is 5.92 Å². The molecule has 2 aromatic carbocycles. The van der Waals surface area contributed by atoms with Gasteiger partial charge in [0.05, 0.1) is 11.9 Å². The Balaban J connectivity index is 1.74. The predicted octanol–water partition coefficient (Wildman–Crippen LogP) is 5.20. The Morgan fingerprint density at radius 3 is 2.18 bits per heavy atom. The number of carbonyl (C=O) groups excluding carboxylic acids is 4. The summed E-state index contributed by atoms with van der Waals surface area (Å²) in [6.45, 7) is 10.4. The van der Waals surface area contributed by atoms with Gasteiger partial charge in [-0.25, -0.2) is 13.2 Å². The van der Waals surface area contributed by atoms with Crippen molar-refractivity contribution in [1.82, 2.24) is 26.3 Å². The smallest absolute Gasteiger partial charge is 0.272 e. The van der Waals surface area contributed by atoms with E-state index in [4.69, 9.17) is 0 Å². The SMILES string of the molecule is CCNC(=O)[C@@H](NC(=O)[C@@]1(NC(=O)[C@@H](NC(=O)Cc2ccccc2F)C(C)CC)CCc2[nH]c3c(C(C)(F)F)cccc3c2C1)C(C)CC. The van der Waals surface area contributed by atoms with Crippen LogP contribution in [0.25, 0.3) is 10.9 Å². The highest BCUT2D eigenvalue weighted by Gasteiger charge is 2.47. The molecule has 0 radical (unpaired) electrons. The Kier molecular flexibility index (Phi) is 11.8. The fraction of sp³-hybridized carbons (Fsp3) is 0.514. The molecular weight excluding hydrogens is 635 g/mol. The Hall–Kier alpha value is -4.35. The second-order valence-corrected chi connectivity index (χ2v) is 13.4. The van der Waals surface area contributed by atoms with Crippen molar-refractivity contribution in [2.45, 2.75) is 104 Å². The van der Waals surface area contributed by atoms with E-state index < -0.39 is 47.1 Å². The third kappa shape index (κ3) is 8.28. The van der Waals surface area contributed by atoms with Crippen molar-refractivity contribution >= 4 is 34.5 Å². The van der Waals surface area contributed by atoms with Gasteiger partial charge in [-0.2, -0.15) is 0 Å². The predicted molar refractivity (Wildman–Crippen MR) is 182 cm³/mol. The second kappa shape index (κ2) is 15.5. The van der Waals surface area contributed by atoms with Crippen molar-refractivity contribution < 1.29 is 32.3 Å². The zero-order valence-electron chi connectivity index (χ0n) is 29.1. The van der Waals surface area contributed by atoms with Crippen molar-refractivity contribution in [1.29, 1.82) is 0 Å². The van der Waals surface area contributed by atoms with Crippen LogP contribution in [-0.2, 0) is 44.4 Å². The van der Waals surface area contributed by atoms with E-state index in [0.717, 1.165) is 6.92 Å². The van der Waals surface area contributed by atoms with Crippen LogP contribution in [0.2, 0.25) is 0 Å². The lowest BCUT2D eigenvalue weighted by molar-refractivity contribution is -0.139. The first-order chi connectivity index (χ1) is 23.1. The first-order valence-electron chi connectivity index (χ1n) is 17.1. The highest BCUT2D eigenvalue weighted by molar-refractivity contribution is 5.98. The monoisotopic (exact) mass is 683 g/mol. The number of carbonyl (C=O) groups is 4. The summed E-state index contributed by atoms with van der Waals surface area (Å²) < 4.78 is 43.6. The van der Waals surface area contributed by atoms with Gasteiger partial charge >= 0.3 is 0 Å². The van der Waals surface area contributed by atoms with Gasteiger partial charge in [0.2, 0.25) is 23.6 Å². The largest absolute Gasteiger partial charge is 0.358 e. The minimum atomic E-state index is -3.13. The summed E-state index contributed by atoms with van der Waals surface area (Å²) in [4.78, 5) is 58.1. The lowest BCUT2D eigenvalue weighted by Gasteiger charge is -2.39. The summed E-state index contributed by atoms with van der Waals surface area (Å²) in [5, 5.41) is 11.9. The van der Waals surface area contributed by atoms with Gasteiger partial charge in [0.15, 0.2) is 0 Å². The molecule has 0 spiro atoms. The first-order valence-corrected chi connectivity index (χ1v) is 17.1. The van der Waals surface area contributed by atoms with Crippen molar-refractivity contribution in [3.05, 3.63) is 70.7 Å². The molecule has 0 aliphatic heterocycles. The molecule has 5 atom stereocenters. The molecule has 5 N–H and O–H groups in total. The third-order valence-electron chi connectivity index (χ3n) is 9.83. The number of benzene rings is 2. The molecular formula is C37H48F3N5O4. The van der Waals surface area contributed by atoms with Crippen LogP contribution in [0.4, 0.5) is 13.2 Å².